The molecule has 0 saturated heterocycles. The van der Waals surface area contributed by atoms with Gasteiger partial charge in [-0.3, -0.25) is 9.59 Å². The van der Waals surface area contributed by atoms with Crippen LogP contribution in [0.15, 0.2) is 78.5 Å². The molecule has 4 heteroatoms. The Kier molecular flexibility index (Phi) is 4.70. The molecule has 2 amide bonds. The van der Waals surface area contributed by atoms with Gasteiger partial charge in [-0.05, 0) is 48.6 Å². The number of nitrogens with zero attached hydrogens (tertiary/aromatic N) is 2. The number of fused-ring (bicyclic) bond motifs is 1. The molecule has 0 aromatic heterocycles. The molecular formula is C27H24N2O2. The lowest BCUT2D eigenvalue weighted by atomic mass is 9.98. The number of anilines is 1. The molecule has 4 nitrogen and oxygen atoms in total. The Hall–Kier alpha value is -3.66. The van der Waals surface area contributed by atoms with Crippen molar-refractivity contribution in [2.24, 2.45) is 0 Å². The van der Waals surface area contributed by atoms with Gasteiger partial charge in [0.1, 0.15) is 5.70 Å². The first-order valence-electron chi connectivity index (χ1n) is 10.6. The van der Waals surface area contributed by atoms with E-state index in [0.717, 1.165) is 23.1 Å². The van der Waals surface area contributed by atoms with Gasteiger partial charge in [0.25, 0.3) is 11.8 Å². The van der Waals surface area contributed by atoms with Crippen molar-refractivity contribution in [3.8, 4) is 0 Å². The summed E-state index contributed by atoms with van der Waals surface area (Å²) in [6.07, 6.45) is 0.854. The standard InChI is InChI=1S/C27H24N2O2/c1-18-12-13-23(19(2)16-18)29-26(30)24(21-9-4-3-5-10-21)25(27(29)31)28-15-14-20-8-6-7-11-22(20)17-28/h3-13,16H,14-15,17H2,1-2H3. The van der Waals surface area contributed by atoms with Gasteiger partial charge in [-0.25, -0.2) is 4.90 Å². The first-order valence-corrected chi connectivity index (χ1v) is 10.6. The number of benzene rings is 3. The Bertz CT molecular complexity index is 1230. The molecule has 3 aromatic carbocycles. The molecule has 0 N–H and O–H groups in total. The van der Waals surface area contributed by atoms with Crippen LogP contribution in [0.25, 0.3) is 5.57 Å². The molecular weight excluding hydrogens is 384 g/mol. The number of carbonyl (C=O) groups is 2. The third-order valence-corrected chi connectivity index (χ3v) is 6.16. The summed E-state index contributed by atoms with van der Waals surface area (Å²) in [5.74, 6) is -0.493. The zero-order valence-corrected chi connectivity index (χ0v) is 17.8. The molecule has 0 spiro atoms. The van der Waals surface area contributed by atoms with E-state index in [4.69, 9.17) is 0 Å². The highest BCUT2D eigenvalue weighted by Crippen LogP contribution is 2.37. The number of carbonyl (C=O) groups excluding carboxylic acids is 2. The van der Waals surface area contributed by atoms with Crippen molar-refractivity contribution in [1.82, 2.24) is 4.90 Å². The topological polar surface area (TPSA) is 40.6 Å². The van der Waals surface area contributed by atoms with E-state index in [1.54, 1.807) is 0 Å². The molecule has 0 aliphatic carbocycles. The van der Waals surface area contributed by atoms with Crippen molar-refractivity contribution in [3.63, 3.8) is 0 Å². The number of aryl methyl sites for hydroxylation is 2. The van der Waals surface area contributed by atoms with Crippen LogP contribution in [0.4, 0.5) is 5.69 Å². The highest BCUT2D eigenvalue weighted by atomic mass is 16.2. The lowest BCUT2D eigenvalue weighted by Crippen LogP contribution is -2.37. The number of hydrogen-bond donors (Lipinski definition) is 0. The monoisotopic (exact) mass is 408 g/mol. The number of amides is 2. The minimum absolute atomic E-state index is 0.241. The molecule has 0 saturated carbocycles. The number of imide groups is 1. The van der Waals surface area contributed by atoms with E-state index >= 15 is 0 Å². The van der Waals surface area contributed by atoms with Crippen LogP contribution in [0.5, 0.6) is 0 Å². The van der Waals surface area contributed by atoms with Crippen molar-refractivity contribution < 1.29 is 9.59 Å². The van der Waals surface area contributed by atoms with Crippen molar-refractivity contribution >= 4 is 23.1 Å². The Balaban J connectivity index is 1.63. The number of hydrogen-bond acceptors (Lipinski definition) is 3. The van der Waals surface area contributed by atoms with Crippen molar-refractivity contribution in [2.45, 2.75) is 26.8 Å². The summed E-state index contributed by atoms with van der Waals surface area (Å²) >= 11 is 0. The van der Waals surface area contributed by atoms with E-state index in [1.165, 1.54) is 16.0 Å². The molecule has 2 heterocycles. The minimum atomic E-state index is -0.253. The average Bonchev–Trinajstić information content (AvgIpc) is 3.04. The minimum Gasteiger partial charge on any atom is -0.362 e. The third-order valence-electron chi connectivity index (χ3n) is 6.16. The predicted molar refractivity (Wildman–Crippen MR) is 122 cm³/mol. The van der Waals surface area contributed by atoms with Crippen LogP contribution < -0.4 is 4.90 Å². The van der Waals surface area contributed by atoms with Gasteiger partial charge in [0.2, 0.25) is 0 Å². The van der Waals surface area contributed by atoms with Gasteiger partial charge >= 0.3 is 0 Å². The molecule has 31 heavy (non-hydrogen) atoms. The van der Waals surface area contributed by atoms with E-state index in [-0.39, 0.29) is 11.8 Å². The Morgan fingerprint density at radius 1 is 0.774 bits per heavy atom. The molecule has 3 aromatic rings. The van der Waals surface area contributed by atoms with Gasteiger partial charge in [-0.2, -0.15) is 0 Å². The maximum Gasteiger partial charge on any atom is 0.282 e. The highest BCUT2D eigenvalue weighted by Gasteiger charge is 2.43. The highest BCUT2D eigenvalue weighted by molar-refractivity contribution is 6.45. The zero-order chi connectivity index (χ0) is 21.5. The van der Waals surface area contributed by atoms with Crippen LogP contribution in [0.3, 0.4) is 0 Å². The quantitative estimate of drug-likeness (QED) is 0.593. The molecule has 0 unspecified atom stereocenters. The summed E-state index contributed by atoms with van der Waals surface area (Å²) in [6, 6.07) is 23.7. The second-order valence-corrected chi connectivity index (χ2v) is 8.27. The van der Waals surface area contributed by atoms with E-state index in [2.05, 4.69) is 23.1 Å². The summed E-state index contributed by atoms with van der Waals surface area (Å²) in [4.78, 5) is 30.9. The molecule has 0 fully saturated rings. The molecule has 0 atom stereocenters. The summed E-state index contributed by atoms with van der Waals surface area (Å²) in [5, 5.41) is 0. The van der Waals surface area contributed by atoms with E-state index in [1.807, 2.05) is 68.4 Å². The van der Waals surface area contributed by atoms with E-state index in [0.29, 0.717) is 30.0 Å². The first kappa shape index (κ1) is 19.3. The predicted octanol–water partition coefficient (Wildman–Crippen LogP) is 4.65. The van der Waals surface area contributed by atoms with Crippen molar-refractivity contribution in [2.75, 3.05) is 11.4 Å². The van der Waals surface area contributed by atoms with E-state index < -0.39 is 0 Å². The maximum absolute atomic E-state index is 13.8. The Labute approximate surface area is 182 Å². The second kappa shape index (κ2) is 7.55. The summed E-state index contributed by atoms with van der Waals surface area (Å²) < 4.78 is 0. The fraction of sp³-hybridized carbons (Fsp3) is 0.185. The Morgan fingerprint density at radius 3 is 2.23 bits per heavy atom. The summed E-state index contributed by atoms with van der Waals surface area (Å²) in [7, 11) is 0. The van der Waals surface area contributed by atoms with Crippen LogP contribution in [-0.2, 0) is 22.6 Å². The average molecular weight is 409 g/mol. The normalized spacial score (nSPS) is 16.2. The van der Waals surface area contributed by atoms with Crippen molar-refractivity contribution in [1.29, 1.82) is 0 Å². The van der Waals surface area contributed by atoms with Gasteiger partial charge in [0, 0.05) is 13.1 Å². The lowest BCUT2D eigenvalue weighted by molar-refractivity contribution is -0.120. The van der Waals surface area contributed by atoms with Gasteiger partial charge < -0.3 is 4.90 Å². The number of rotatable bonds is 3. The fourth-order valence-electron chi connectivity index (χ4n) is 4.64. The smallest absolute Gasteiger partial charge is 0.282 e. The molecule has 2 aliphatic rings. The van der Waals surface area contributed by atoms with Gasteiger partial charge in [0.15, 0.2) is 0 Å². The first-order chi connectivity index (χ1) is 15.0. The lowest BCUT2D eigenvalue weighted by Gasteiger charge is -2.31. The zero-order valence-electron chi connectivity index (χ0n) is 17.8. The van der Waals surface area contributed by atoms with Crippen LogP contribution >= 0.6 is 0 Å². The molecule has 154 valence electrons. The van der Waals surface area contributed by atoms with E-state index in [9.17, 15) is 9.59 Å². The molecule has 2 aliphatic heterocycles. The fourth-order valence-corrected chi connectivity index (χ4v) is 4.64. The maximum atomic E-state index is 13.8. The second-order valence-electron chi connectivity index (χ2n) is 8.27. The van der Waals surface area contributed by atoms with Gasteiger partial charge in [-0.15, -0.1) is 0 Å². The SMILES string of the molecule is Cc1ccc(N2C(=O)C(c3ccccc3)=C(N3CCc4ccccc4C3)C2=O)c(C)c1. The Morgan fingerprint density at radius 2 is 1.48 bits per heavy atom. The molecule has 0 radical (unpaired) electrons. The third kappa shape index (κ3) is 3.25. The van der Waals surface area contributed by atoms with Crippen LogP contribution in [0.2, 0.25) is 0 Å². The van der Waals surface area contributed by atoms with Crippen molar-refractivity contribution in [3.05, 3.63) is 106 Å². The summed E-state index contributed by atoms with van der Waals surface area (Å²) in [5.41, 5.74) is 6.96. The molecule has 5 rings (SSSR count). The largest absolute Gasteiger partial charge is 0.362 e. The van der Waals surface area contributed by atoms with Crippen LogP contribution in [0.1, 0.15) is 27.8 Å². The van der Waals surface area contributed by atoms with Crippen LogP contribution in [0, 0.1) is 13.8 Å². The van der Waals surface area contributed by atoms with Gasteiger partial charge in [-0.1, -0.05) is 72.3 Å². The van der Waals surface area contributed by atoms with Crippen LogP contribution in [-0.4, -0.2) is 23.3 Å². The molecule has 0 bridgehead atoms. The van der Waals surface area contributed by atoms with Gasteiger partial charge in [0.05, 0.1) is 11.3 Å². The summed E-state index contributed by atoms with van der Waals surface area (Å²) in [6.45, 7) is 5.29.